The van der Waals surface area contributed by atoms with Crippen molar-refractivity contribution in [3.8, 4) is 0 Å². The van der Waals surface area contributed by atoms with Crippen molar-refractivity contribution in [3.63, 3.8) is 0 Å². The van der Waals surface area contributed by atoms with Gasteiger partial charge >= 0.3 is 6.03 Å². The molecule has 0 aliphatic carbocycles. The Balaban J connectivity index is 3.08. The maximum absolute atomic E-state index is 11.4. The van der Waals surface area contributed by atoms with Gasteiger partial charge in [-0.1, -0.05) is 13.3 Å². The average Bonchev–Trinajstić information content (AvgIpc) is 2.69. The molecular formula is C19H39N3O7. The maximum Gasteiger partial charge on any atom is 0.314 e. The molecule has 0 aromatic rings. The van der Waals surface area contributed by atoms with Crippen LogP contribution in [0.1, 0.15) is 26.7 Å². The normalized spacial score (nSPS) is 10.7. The minimum Gasteiger partial charge on any atom is -0.377 e. The molecule has 0 radical (unpaired) electrons. The van der Waals surface area contributed by atoms with E-state index in [1.54, 1.807) is 0 Å². The predicted octanol–water partition coefficient (Wildman–Crippen LogP) is 0.305. The predicted molar refractivity (Wildman–Crippen MR) is 109 cm³/mol. The van der Waals surface area contributed by atoms with E-state index in [2.05, 4.69) is 22.9 Å². The molecule has 29 heavy (non-hydrogen) atoms. The summed E-state index contributed by atoms with van der Waals surface area (Å²) in [6.07, 6.45) is 2.04. The van der Waals surface area contributed by atoms with Crippen molar-refractivity contribution in [2.75, 3.05) is 85.7 Å². The number of hydrogen-bond acceptors (Lipinski definition) is 7. The van der Waals surface area contributed by atoms with Gasteiger partial charge in [-0.15, -0.1) is 0 Å². The van der Waals surface area contributed by atoms with Gasteiger partial charge in [-0.25, -0.2) is 4.79 Å². The second-order valence-corrected chi connectivity index (χ2v) is 6.08. The Bertz CT molecular complexity index is 387. The third-order valence-corrected chi connectivity index (χ3v) is 3.46. The highest BCUT2D eigenvalue weighted by atomic mass is 16.6. The molecule has 3 N–H and O–H groups in total. The summed E-state index contributed by atoms with van der Waals surface area (Å²) < 4.78 is 26.8. The van der Waals surface area contributed by atoms with Gasteiger partial charge in [0.1, 0.15) is 0 Å². The van der Waals surface area contributed by atoms with E-state index in [9.17, 15) is 9.59 Å². The minimum absolute atomic E-state index is 0.0604. The van der Waals surface area contributed by atoms with Crippen LogP contribution in [0.15, 0.2) is 0 Å². The van der Waals surface area contributed by atoms with Crippen molar-refractivity contribution in [1.29, 1.82) is 0 Å². The average molecular weight is 422 g/mol. The second kappa shape index (κ2) is 22.8. The van der Waals surface area contributed by atoms with Gasteiger partial charge in [0.15, 0.2) is 0 Å². The Kier molecular flexibility index (Phi) is 21.7. The molecule has 0 atom stereocenters. The molecule has 0 bridgehead atoms. The highest BCUT2D eigenvalue weighted by Crippen LogP contribution is 1.84. The Morgan fingerprint density at radius 1 is 0.586 bits per heavy atom. The lowest BCUT2D eigenvalue weighted by atomic mass is 10.3. The molecule has 0 saturated carbocycles. The number of nitrogens with one attached hydrogen (secondary N) is 3. The van der Waals surface area contributed by atoms with Crippen molar-refractivity contribution < 1.29 is 33.3 Å². The van der Waals surface area contributed by atoms with Gasteiger partial charge in [0.05, 0.1) is 66.1 Å². The molecule has 10 nitrogen and oxygen atoms in total. The van der Waals surface area contributed by atoms with Crippen LogP contribution >= 0.6 is 0 Å². The first-order chi connectivity index (χ1) is 14.2. The highest BCUT2D eigenvalue weighted by molar-refractivity contribution is 5.73. The summed E-state index contributed by atoms with van der Waals surface area (Å²) in [6.45, 7) is 10.1. The standard InChI is InChI=1S/C19H39N3O7/c1-3-4-5-21-19(24)22-7-9-26-11-13-28-15-17-29-16-14-27-12-10-25-8-6-20-18(2)23/h3-17H2,1-2H3,(H,20,23)(H2,21,22,24). The van der Waals surface area contributed by atoms with Gasteiger partial charge in [-0.05, 0) is 6.42 Å². The topological polar surface area (TPSA) is 116 Å². The molecule has 0 rings (SSSR count). The van der Waals surface area contributed by atoms with Gasteiger partial charge < -0.3 is 39.6 Å². The Morgan fingerprint density at radius 2 is 0.966 bits per heavy atom. The Morgan fingerprint density at radius 3 is 1.38 bits per heavy atom. The SMILES string of the molecule is CCCCNC(=O)NCCOCCOCCOCCOCCOCCNC(C)=O. The smallest absolute Gasteiger partial charge is 0.314 e. The Labute approximate surface area is 174 Å². The third kappa shape index (κ3) is 24.5. The van der Waals surface area contributed by atoms with E-state index in [1.807, 2.05) is 0 Å². The zero-order valence-electron chi connectivity index (χ0n) is 18.0. The van der Waals surface area contributed by atoms with Crippen LogP contribution in [-0.2, 0) is 28.5 Å². The number of hydrogen-bond donors (Lipinski definition) is 3. The molecular weight excluding hydrogens is 382 g/mol. The van der Waals surface area contributed by atoms with Crippen LogP contribution in [0.4, 0.5) is 4.79 Å². The van der Waals surface area contributed by atoms with Crippen molar-refractivity contribution in [1.82, 2.24) is 16.0 Å². The van der Waals surface area contributed by atoms with E-state index < -0.39 is 0 Å². The minimum atomic E-state index is -0.158. The molecule has 0 fully saturated rings. The highest BCUT2D eigenvalue weighted by Gasteiger charge is 1.98. The van der Waals surface area contributed by atoms with Gasteiger partial charge in [-0.2, -0.15) is 0 Å². The summed E-state index contributed by atoms with van der Waals surface area (Å²) in [5, 5.41) is 8.15. The van der Waals surface area contributed by atoms with Crippen LogP contribution in [0.5, 0.6) is 0 Å². The van der Waals surface area contributed by atoms with E-state index in [1.165, 1.54) is 6.92 Å². The first-order valence-electron chi connectivity index (χ1n) is 10.3. The molecule has 10 heteroatoms. The van der Waals surface area contributed by atoms with Crippen molar-refractivity contribution >= 4 is 11.9 Å². The van der Waals surface area contributed by atoms with Crippen LogP contribution in [-0.4, -0.2) is 97.6 Å². The summed E-state index contributed by atoms with van der Waals surface area (Å²) in [4.78, 5) is 22.0. The fourth-order valence-electron chi connectivity index (χ4n) is 1.96. The second-order valence-electron chi connectivity index (χ2n) is 6.08. The molecule has 0 saturated heterocycles. The summed E-state index contributed by atoms with van der Waals surface area (Å²) in [6, 6.07) is -0.158. The molecule has 0 heterocycles. The van der Waals surface area contributed by atoms with Crippen molar-refractivity contribution in [2.45, 2.75) is 26.7 Å². The molecule has 172 valence electrons. The van der Waals surface area contributed by atoms with Crippen LogP contribution in [0.25, 0.3) is 0 Å². The molecule has 0 unspecified atom stereocenters. The van der Waals surface area contributed by atoms with Gasteiger partial charge in [0.25, 0.3) is 0 Å². The first-order valence-corrected chi connectivity index (χ1v) is 10.3. The maximum atomic E-state index is 11.4. The molecule has 3 amide bonds. The Hall–Kier alpha value is -1.46. The molecule has 0 aliphatic rings. The lowest BCUT2D eigenvalue weighted by molar-refractivity contribution is -0.119. The van der Waals surface area contributed by atoms with E-state index in [-0.39, 0.29) is 11.9 Å². The van der Waals surface area contributed by atoms with Crippen LogP contribution in [0.2, 0.25) is 0 Å². The molecule has 0 aromatic heterocycles. The quantitative estimate of drug-likeness (QED) is 0.228. The zero-order chi connectivity index (χ0) is 21.4. The van der Waals surface area contributed by atoms with Gasteiger partial charge in [0.2, 0.25) is 5.91 Å². The lowest BCUT2D eigenvalue weighted by Crippen LogP contribution is -2.37. The summed E-state index contributed by atoms with van der Waals surface area (Å²) in [7, 11) is 0. The van der Waals surface area contributed by atoms with E-state index in [0.29, 0.717) is 85.7 Å². The molecule has 0 aromatic carbocycles. The molecule has 0 spiro atoms. The number of carbonyl (C=O) groups is 2. The third-order valence-electron chi connectivity index (χ3n) is 3.46. The summed E-state index contributed by atoms with van der Waals surface area (Å²) in [5.41, 5.74) is 0. The number of rotatable bonds is 21. The fourth-order valence-corrected chi connectivity index (χ4v) is 1.96. The van der Waals surface area contributed by atoms with Crippen LogP contribution in [0, 0.1) is 0 Å². The number of ether oxygens (including phenoxy) is 5. The van der Waals surface area contributed by atoms with Crippen LogP contribution in [0.3, 0.4) is 0 Å². The zero-order valence-corrected chi connectivity index (χ0v) is 18.0. The fraction of sp³-hybridized carbons (Fsp3) is 0.895. The lowest BCUT2D eigenvalue weighted by Gasteiger charge is -2.09. The van der Waals surface area contributed by atoms with Crippen LogP contribution < -0.4 is 16.0 Å². The first kappa shape index (κ1) is 27.5. The number of unbranched alkanes of at least 4 members (excludes halogenated alkanes) is 1. The van der Waals surface area contributed by atoms with Gasteiger partial charge in [-0.3, -0.25) is 4.79 Å². The number of urea groups is 1. The van der Waals surface area contributed by atoms with Crippen molar-refractivity contribution in [3.05, 3.63) is 0 Å². The largest absolute Gasteiger partial charge is 0.377 e. The monoisotopic (exact) mass is 421 g/mol. The number of amides is 3. The van der Waals surface area contributed by atoms with E-state index in [4.69, 9.17) is 23.7 Å². The summed E-state index contributed by atoms with van der Waals surface area (Å²) in [5.74, 6) is -0.0604. The van der Waals surface area contributed by atoms with E-state index in [0.717, 1.165) is 12.8 Å². The summed E-state index contributed by atoms with van der Waals surface area (Å²) >= 11 is 0. The molecule has 0 aliphatic heterocycles. The van der Waals surface area contributed by atoms with Crippen molar-refractivity contribution in [2.24, 2.45) is 0 Å². The van der Waals surface area contributed by atoms with E-state index >= 15 is 0 Å². The number of carbonyl (C=O) groups excluding carboxylic acids is 2. The van der Waals surface area contributed by atoms with Gasteiger partial charge in [0, 0.05) is 26.6 Å².